The molecule has 0 aliphatic carbocycles. The Bertz CT molecular complexity index is 458. The predicted octanol–water partition coefficient (Wildman–Crippen LogP) is 0.886. The molecule has 3 N–H and O–H groups in total. The fourth-order valence-electron chi connectivity index (χ4n) is 2.42. The van der Waals surface area contributed by atoms with Gasteiger partial charge >= 0.3 is 0 Å². The van der Waals surface area contributed by atoms with Crippen LogP contribution in [0.4, 0.5) is 5.95 Å². The highest BCUT2D eigenvalue weighted by atomic mass is 79.9. The lowest BCUT2D eigenvalue weighted by Gasteiger charge is -2.38. The largest absolute Gasteiger partial charge is 0.409 e. The molecule has 0 radical (unpaired) electrons. The molecule has 1 unspecified atom stereocenters. The van der Waals surface area contributed by atoms with Gasteiger partial charge in [-0.1, -0.05) is 12.1 Å². The summed E-state index contributed by atoms with van der Waals surface area (Å²) >= 11 is 3.33. The molecule has 2 rings (SSSR count). The number of hydrogen-bond acceptors (Lipinski definition) is 6. The zero-order valence-electron chi connectivity index (χ0n) is 11.4. The van der Waals surface area contributed by atoms with Gasteiger partial charge in [-0.05, 0) is 22.4 Å². The van der Waals surface area contributed by atoms with Gasteiger partial charge in [0, 0.05) is 38.6 Å². The molecule has 1 aromatic rings. The summed E-state index contributed by atoms with van der Waals surface area (Å²) in [7, 11) is 0. The van der Waals surface area contributed by atoms with Crippen molar-refractivity contribution in [3.05, 3.63) is 16.9 Å². The van der Waals surface area contributed by atoms with E-state index < -0.39 is 0 Å². The summed E-state index contributed by atoms with van der Waals surface area (Å²) in [5.41, 5.74) is 5.74. The Morgan fingerprint density at radius 2 is 2.00 bits per heavy atom. The molecule has 1 fully saturated rings. The molecule has 110 valence electrons. The lowest BCUT2D eigenvalue weighted by atomic mass is 10.1. The predicted molar refractivity (Wildman–Crippen MR) is 81.0 cm³/mol. The van der Waals surface area contributed by atoms with E-state index in [4.69, 9.17) is 10.9 Å². The summed E-state index contributed by atoms with van der Waals surface area (Å²) < 4.78 is 0.873. The molecule has 1 aliphatic rings. The van der Waals surface area contributed by atoms with Crippen LogP contribution in [-0.2, 0) is 0 Å². The quantitative estimate of drug-likeness (QED) is 0.365. The Labute approximate surface area is 126 Å². The van der Waals surface area contributed by atoms with Crippen molar-refractivity contribution in [1.82, 2.24) is 14.9 Å². The van der Waals surface area contributed by atoms with Crippen LogP contribution in [-0.4, -0.2) is 58.1 Å². The van der Waals surface area contributed by atoms with Gasteiger partial charge in [-0.3, -0.25) is 4.90 Å². The van der Waals surface area contributed by atoms with E-state index in [1.807, 2.05) is 6.92 Å². The van der Waals surface area contributed by atoms with E-state index in [2.05, 4.69) is 40.9 Å². The van der Waals surface area contributed by atoms with E-state index >= 15 is 0 Å². The van der Waals surface area contributed by atoms with Gasteiger partial charge in [-0.25, -0.2) is 9.97 Å². The number of hydrogen-bond donors (Lipinski definition) is 2. The summed E-state index contributed by atoms with van der Waals surface area (Å²) in [5, 5.41) is 12.0. The minimum Gasteiger partial charge on any atom is -0.409 e. The zero-order chi connectivity index (χ0) is 14.5. The first-order chi connectivity index (χ1) is 9.65. The molecule has 20 heavy (non-hydrogen) atoms. The average Bonchev–Trinajstić information content (AvgIpc) is 2.49. The first kappa shape index (κ1) is 15.0. The molecule has 1 aromatic heterocycles. The lowest BCUT2D eigenvalue weighted by molar-refractivity contribution is 0.215. The van der Waals surface area contributed by atoms with E-state index in [-0.39, 0.29) is 11.9 Å². The van der Waals surface area contributed by atoms with Crippen molar-refractivity contribution in [2.75, 3.05) is 31.1 Å². The third kappa shape index (κ3) is 3.37. The van der Waals surface area contributed by atoms with Crippen LogP contribution in [0.3, 0.4) is 0 Å². The van der Waals surface area contributed by atoms with Crippen LogP contribution in [0, 0.1) is 0 Å². The maximum atomic E-state index is 8.82. The maximum Gasteiger partial charge on any atom is 0.225 e. The second-order valence-corrected chi connectivity index (χ2v) is 5.59. The number of piperazine rings is 1. The van der Waals surface area contributed by atoms with Crippen LogP contribution >= 0.6 is 15.9 Å². The van der Waals surface area contributed by atoms with Crippen molar-refractivity contribution in [3.8, 4) is 0 Å². The molecule has 0 aromatic carbocycles. The molecule has 0 spiro atoms. The highest BCUT2D eigenvalue weighted by Gasteiger charge is 2.26. The van der Waals surface area contributed by atoms with Gasteiger partial charge in [0.25, 0.3) is 0 Å². The smallest absolute Gasteiger partial charge is 0.225 e. The number of nitrogens with zero attached hydrogens (tertiary/aromatic N) is 5. The number of oxime groups is 1. The van der Waals surface area contributed by atoms with Crippen LogP contribution in [0.1, 0.15) is 13.3 Å². The van der Waals surface area contributed by atoms with Crippen molar-refractivity contribution in [2.45, 2.75) is 19.4 Å². The molecule has 0 amide bonds. The van der Waals surface area contributed by atoms with Crippen molar-refractivity contribution >= 4 is 27.7 Å². The summed E-state index contributed by atoms with van der Waals surface area (Å²) in [6, 6.07) is -0.00649. The minimum absolute atomic E-state index is 0.00649. The summed E-state index contributed by atoms with van der Waals surface area (Å²) in [5.74, 6) is 1.02. The molecule has 1 aliphatic heterocycles. The zero-order valence-corrected chi connectivity index (χ0v) is 13.0. The SMILES string of the molecule is CCC(C(N)=NO)N1CCN(c2ncc(Br)cn2)CC1. The Balaban J connectivity index is 1.96. The van der Waals surface area contributed by atoms with Gasteiger partial charge in [0.1, 0.15) is 0 Å². The van der Waals surface area contributed by atoms with Crippen molar-refractivity contribution in [3.63, 3.8) is 0 Å². The molecular formula is C12H19BrN6O. The Hall–Kier alpha value is -1.41. The Kier molecular flexibility index (Phi) is 5.13. The van der Waals surface area contributed by atoms with Crippen molar-refractivity contribution in [1.29, 1.82) is 0 Å². The number of rotatable bonds is 4. The lowest BCUT2D eigenvalue weighted by Crippen LogP contribution is -2.54. The molecule has 2 heterocycles. The van der Waals surface area contributed by atoms with Gasteiger partial charge in [0.2, 0.25) is 5.95 Å². The standard InChI is InChI=1S/C12H19BrN6O/c1-2-10(11(14)17-20)18-3-5-19(6-4-18)12-15-7-9(13)8-16-12/h7-8,10,20H,2-6H2,1H3,(H2,14,17). The number of amidine groups is 1. The van der Waals surface area contributed by atoms with Crippen molar-refractivity contribution in [2.24, 2.45) is 10.9 Å². The number of anilines is 1. The van der Waals surface area contributed by atoms with Gasteiger partial charge in [0.05, 0.1) is 10.5 Å². The van der Waals surface area contributed by atoms with Crippen LogP contribution in [0.25, 0.3) is 0 Å². The highest BCUT2D eigenvalue weighted by molar-refractivity contribution is 9.10. The number of aromatic nitrogens is 2. The monoisotopic (exact) mass is 342 g/mol. The van der Waals surface area contributed by atoms with E-state index in [9.17, 15) is 0 Å². The third-order valence-corrected chi connectivity index (χ3v) is 3.90. The minimum atomic E-state index is -0.00649. The fraction of sp³-hybridized carbons (Fsp3) is 0.583. The van der Waals surface area contributed by atoms with E-state index in [0.29, 0.717) is 0 Å². The van der Waals surface area contributed by atoms with Crippen LogP contribution in [0.2, 0.25) is 0 Å². The average molecular weight is 343 g/mol. The molecule has 1 atom stereocenters. The first-order valence-electron chi connectivity index (χ1n) is 6.59. The van der Waals surface area contributed by atoms with E-state index in [1.165, 1.54) is 0 Å². The molecule has 8 heteroatoms. The maximum absolute atomic E-state index is 8.82. The number of halogens is 1. The summed E-state index contributed by atoms with van der Waals surface area (Å²) in [6.45, 7) is 5.38. The highest BCUT2D eigenvalue weighted by Crippen LogP contribution is 2.15. The second-order valence-electron chi connectivity index (χ2n) is 4.67. The van der Waals surface area contributed by atoms with Gasteiger partial charge in [-0.2, -0.15) is 0 Å². The van der Waals surface area contributed by atoms with E-state index in [1.54, 1.807) is 12.4 Å². The van der Waals surface area contributed by atoms with Gasteiger partial charge in [-0.15, -0.1) is 0 Å². The first-order valence-corrected chi connectivity index (χ1v) is 7.39. The summed E-state index contributed by atoms with van der Waals surface area (Å²) in [6.07, 6.45) is 4.32. The van der Waals surface area contributed by atoms with Gasteiger partial charge < -0.3 is 15.8 Å². The van der Waals surface area contributed by atoms with Crippen molar-refractivity contribution < 1.29 is 5.21 Å². The Morgan fingerprint density at radius 3 is 2.50 bits per heavy atom. The summed E-state index contributed by atoms with van der Waals surface area (Å²) in [4.78, 5) is 13.0. The molecule has 0 bridgehead atoms. The Morgan fingerprint density at radius 1 is 1.40 bits per heavy atom. The molecule has 0 saturated carbocycles. The number of nitrogens with two attached hydrogens (primary N) is 1. The van der Waals surface area contributed by atoms with Crippen LogP contribution in [0.5, 0.6) is 0 Å². The topological polar surface area (TPSA) is 90.9 Å². The third-order valence-electron chi connectivity index (χ3n) is 3.49. The van der Waals surface area contributed by atoms with E-state index in [0.717, 1.165) is 43.0 Å². The van der Waals surface area contributed by atoms with Crippen LogP contribution in [0.15, 0.2) is 22.0 Å². The van der Waals surface area contributed by atoms with Crippen LogP contribution < -0.4 is 10.6 Å². The fourth-order valence-corrected chi connectivity index (χ4v) is 2.63. The van der Waals surface area contributed by atoms with Gasteiger partial charge in [0.15, 0.2) is 5.84 Å². The normalized spacial score (nSPS) is 19.1. The second kappa shape index (κ2) is 6.85. The molecular weight excluding hydrogens is 324 g/mol. The molecule has 1 saturated heterocycles. The molecule has 7 nitrogen and oxygen atoms in total.